The van der Waals surface area contributed by atoms with E-state index in [2.05, 4.69) is 21.2 Å². The Morgan fingerprint density at radius 2 is 1.76 bits per heavy atom. The number of nitrogens with zero attached hydrogens (tertiary/aromatic N) is 1. The summed E-state index contributed by atoms with van der Waals surface area (Å²) in [5, 5.41) is 12.7. The summed E-state index contributed by atoms with van der Waals surface area (Å²) in [5.74, 6) is -0.804. The number of aromatic nitrogens is 1. The summed E-state index contributed by atoms with van der Waals surface area (Å²) in [6.45, 7) is 3.65. The Bertz CT molecular complexity index is 1360. The summed E-state index contributed by atoms with van der Waals surface area (Å²) >= 11 is 3.55. The molecule has 0 radical (unpaired) electrons. The molecule has 0 atom stereocenters. The second-order valence-corrected chi connectivity index (χ2v) is 8.71. The van der Waals surface area contributed by atoms with Crippen molar-refractivity contribution in [2.24, 2.45) is 0 Å². The van der Waals surface area contributed by atoms with Crippen LogP contribution in [0.25, 0.3) is 16.9 Å². The van der Waals surface area contributed by atoms with Gasteiger partial charge in [0.1, 0.15) is 17.9 Å². The van der Waals surface area contributed by atoms with E-state index in [-0.39, 0.29) is 17.2 Å². The van der Waals surface area contributed by atoms with Crippen molar-refractivity contribution in [2.75, 3.05) is 5.32 Å². The Morgan fingerprint density at radius 1 is 1.00 bits per heavy atom. The predicted molar refractivity (Wildman–Crippen MR) is 136 cm³/mol. The molecule has 1 amide bonds. The lowest BCUT2D eigenvalue weighted by Gasteiger charge is -2.19. The molecule has 4 rings (SSSR count). The van der Waals surface area contributed by atoms with Gasteiger partial charge in [0.05, 0.1) is 17.1 Å². The molecule has 0 saturated heterocycles. The molecule has 4 aromatic rings. The highest BCUT2D eigenvalue weighted by Gasteiger charge is 2.22. The van der Waals surface area contributed by atoms with E-state index in [0.717, 1.165) is 27.0 Å². The number of carboxylic acid groups (broad SMARTS) is 1. The highest BCUT2D eigenvalue weighted by molar-refractivity contribution is 9.10. The molecule has 0 aliphatic rings. The first-order valence-corrected chi connectivity index (χ1v) is 11.4. The van der Waals surface area contributed by atoms with Crippen LogP contribution in [-0.2, 0) is 11.4 Å². The maximum atomic E-state index is 12.3. The van der Waals surface area contributed by atoms with Crippen LogP contribution in [0, 0.1) is 6.92 Å². The summed E-state index contributed by atoms with van der Waals surface area (Å²) in [6, 6.07) is 24.5. The average molecular weight is 519 g/mol. The molecule has 0 aliphatic carbocycles. The van der Waals surface area contributed by atoms with Crippen LogP contribution in [0.5, 0.6) is 5.75 Å². The fourth-order valence-corrected chi connectivity index (χ4v) is 4.24. The SMILES string of the molecule is CC(=O)Nc1cccc(-n2c(C)ccc2-c2cc(Br)ccc2OCc2ccccc2)c1C(=O)O. The molecule has 1 aromatic heterocycles. The number of carbonyl (C=O) groups excluding carboxylic acids is 1. The van der Waals surface area contributed by atoms with Crippen molar-refractivity contribution in [3.8, 4) is 22.7 Å². The van der Waals surface area contributed by atoms with Crippen molar-refractivity contribution in [3.63, 3.8) is 0 Å². The van der Waals surface area contributed by atoms with Gasteiger partial charge in [-0.2, -0.15) is 0 Å². The Hall–Kier alpha value is -3.84. The molecule has 0 aliphatic heterocycles. The standard InChI is InChI=1S/C27H23BrN2O4/c1-17-11-13-23(30(17)24-10-6-9-22(29-18(2)31)26(24)27(32)33)21-15-20(28)12-14-25(21)34-16-19-7-4-3-5-8-19/h3-15H,16H2,1-2H3,(H,29,31)(H,32,33). The number of halogens is 1. The van der Waals surface area contributed by atoms with E-state index in [4.69, 9.17) is 4.74 Å². The van der Waals surface area contributed by atoms with Gasteiger partial charge in [0.25, 0.3) is 0 Å². The van der Waals surface area contributed by atoms with Crippen LogP contribution < -0.4 is 10.1 Å². The van der Waals surface area contributed by atoms with Gasteiger partial charge in [-0.15, -0.1) is 0 Å². The quantitative estimate of drug-likeness (QED) is 0.294. The molecule has 0 bridgehead atoms. The van der Waals surface area contributed by atoms with E-state index >= 15 is 0 Å². The van der Waals surface area contributed by atoms with Gasteiger partial charge in [0.15, 0.2) is 0 Å². The Kier molecular flexibility index (Phi) is 6.84. The van der Waals surface area contributed by atoms with Gasteiger partial charge in [-0.1, -0.05) is 52.3 Å². The van der Waals surface area contributed by atoms with Gasteiger partial charge in [-0.05, 0) is 55.0 Å². The maximum absolute atomic E-state index is 12.3. The molecule has 1 heterocycles. The van der Waals surface area contributed by atoms with Gasteiger partial charge >= 0.3 is 5.97 Å². The number of nitrogens with one attached hydrogen (secondary N) is 1. The zero-order chi connectivity index (χ0) is 24.2. The number of hydrogen-bond acceptors (Lipinski definition) is 3. The number of carboxylic acids is 1. The summed E-state index contributed by atoms with van der Waals surface area (Å²) in [6.07, 6.45) is 0. The van der Waals surface area contributed by atoms with E-state index in [9.17, 15) is 14.7 Å². The third-order valence-electron chi connectivity index (χ3n) is 5.34. The average Bonchev–Trinajstić information content (AvgIpc) is 3.19. The molecular weight excluding hydrogens is 496 g/mol. The van der Waals surface area contributed by atoms with E-state index in [1.54, 1.807) is 18.2 Å². The zero-order valence-electron chi connectivity index (χ0n) is 18.7. The topological polar surface area (TPSA) is 80.6 Å². The number of anilines is 1. The first kappa shape index (κ1) is 23.3. The van der Waals surface area contributed by atoms with E-state index in [0.29, 0.717) is 18.0 Å². The maximum Gasteiger partial charge on any atom is 0.339 e. The Labute approximate surface area is 205 Å². The minimum atomic E-state index is -1.13. The van der Waals surface area contributed by atoms with Crippen molar-refractivity contribution in [3.05, 3.63) is 100 Å². The third-order valence-corrected chi connectivity index (χ3v) is 5.83. The molecule has 7 heteroatoms. The normalized spacial score (nSPS) is 10.7. The van der Waals surface area contributed by atoms with E-state index in [1.807, 2.05) is 72.2 Å². The molecule has 3 aromatic carbocycles. The van der Waals surface area contributed by atoms with Gasteiger partial charge in [-0.3, -0.25) is 4.79 Å². The first-order chi connectivity index (χ1) is 16.3. The minimum Gasteiger partial charge on any atom is -0.488 e. The number of aryl methyl sites for hydroxylation is 1. The van der Waals surface area contributed by atoms with E-state index < -0.39 is 5.97 Å². The summed E-state index contributed by atoms with van der Waals surface area (Å²) in [7, 11) is 0. The van der Waals surface area contributed by atoms with Crippen molar-refractivity contribution >= 4 is 33.5 Å². The summed E-state index contributed by atoms with van der Waals surface area (Å²) in [5.41, 5.74) is 4.16. The summed E-state index contributed by atoms with van der Waals surface area (Å²) < 4.78 is 8.91. The molecule has 172 valence electrons. The fourth-order valence-electron chi connectivity index (χ4n) is 3.88. The number of ether oxygens (including phenoxy) is 1. The molecule has 0 fully saturated rings. The largest absolute Gasteiger partial charge is 0.488 e. The molecule has 0 saturated carbocycles. The van der Waals surface area contributed by atoms with Gasteiger partial charge < -0.3 is 19.7 Å². The molecular formula is C27H23BrN2O4. The lowest BCUT2D eigenvalue weighted by molar-refractivity contribution is -0.114. The third kappa shape index (κ3) is 4.89. The van der Waals surface area contributed by atoms with Crippen molar-refractivity contribution in [1.82, 2.24) is 4.57 Å². The number of benzene rings is 3. The zero-order valence-corrected chi connectivity index (χ0v) is 20.3. The molecule has 2 N–H and O–H groups in total. The first-order valence-electron chi connectivity index (χ1n) is 10.6. The lowest BCUT2D eigenvalue weighted by Crippen LogP contribution is -2.14. The van der Waals surface area contributed by atoms with Crippen LogP contribution in [0.2, 0.25) is 0 Å². The Morgan fingerprint density at radius 3 is 2.47 bits per heavy atom. The predicted octanol–water partition coefficient (Wildman–Crippen LogP) is 6.45. The second kappa shape index (κ2) is 9.97. The number of rotatable bonds is 7. The van der Waals surface area contributed by atoms with Crippen LogP contribution in [0.3, 0.4) is 0 Å². The number of hydrogen-bond donors (Lipinski definition) is 2. The van der Waals surface area contributed by atoms with E-state index in [1.165, 1.54) is 6.92 Å². The summed E-state index contributed by atoms with van der Waals surface area (Å²) in [4.78, 5) is 23.9. The fraction of sp³-hybridized carbons (Fsp3) is 0.111. The number of amides is 1. The van der Waals surface area contributed by atoms with Crippen LogP contribution in [-0.4, -0.2) is 21.6 Å². The number of carbonyl (C=O) groups is 2. The minimum absolute atomic E-state index is 0.0139. The highest BCUT2D eigenvalue weighted by atomic mass is 79.9. The van der Waals surface area contributed by atoms with Gasteiger partial charge in [0.2, 0.25) is 5.91 Å². The molecule has 0 unspecified atom stereocenters. The van der Waals surface area contributed by atoms with Crippen LogP contribution >= 0.6 is 15.9 Å². The Balaban J connectivity index is 1.85. The highest BCUT2D eigenvalue weighted by Crippen LogP contribution is 2.37. The van der Waals surface area contributed by atoms with Crippen LogP contribution in [0.1, 0.15) is 28.5 Å². The van der Waals surface area contributed by atoms with Gasteiger partial charge in [-0.25, -0.2) is 4.79 Å². The smallest absolute Gasteiger partial charge is 0.339 e. The second-order valence-electron chi connectivity index (χ2n) is 7.80. The van der Waals surface area contributed by atoms with Crippen molar-refractivity contribution < 1.29 is 19.4 Å². The number of aromatic carboxylic acids is 1. The lowest BCUT2D eigenvalue weighted by atomic mass is 10.1. The van der Waals surface area contributed by atoms with Crippen LogP contribution in [0.15, 0.2) is 83.3 Å². The monoisotopic (exact) mass is 518 g/mol. The molecule has 6 nitrogen and oxygen atoms in total. The van der Waals surface area contributed by atoms with Gasteiger partial charge in [0, 0.05) is 22.7 Å². The van der Waals surface area contributed by atoms with Crippen LogP contribution in [0.4, 0.5) is 5.69 Å². The van der Waals surface area contributed by atoms with Crippen molar-refractivity contribution in [1.29, 1.82) is 0 Å². The molecule has 34 heavy (non-hydrogen) atoms. The van der Waals surface area contributed by atoms with Crippen molar-refractivity contribution in [2.45, 2.75) is 20.5 Å². The molecule has 0 spiro atoms.